The van der Waals surface area contributed by atoms with Gasteiger partial charge < -0.3 is 19.9 Å². The monoisotopic (exact) mass is 324 g/mol. The normalized spacial score (nSPS) is 11.2. The molecule has 1 aromatic carbocycles. The predicted molar refractivity (Wildman–Crippen MR) is 99.7 cm³/mol. The molecule has 0 bridgehead atoms. The Labute approximate surface area is 142 Å². The lowest BCUT2D eigenvalue weighted by Crippen LogP contribution is -2.16. The van der Waals surface area contributed by atoms with Crippen molar-refractivity contribution >= 4 is 16.7 Å². The Morgan fingerprint density at radius 1 is 1.21 bits per heavy atom. The first-order chi connectivity index (χ1) is 11.7. The third-order valence-electron chi connectivity index (χ3n) is 4.01. The molecule has 0 aliphatic rings. The molecule has 126 valence electrons. The van der Waals surface area contributed by atoms with Gasteiger partial charge in [-0.05, 0) is 51.3 Å². The van der Waals surface area contributed by atoms with Crippen LogP contribution < -0.4 is 10.1 Å². The molecule has 5 heteroatoms. The molecule has 0 spiro atoms. The summed E-state index contributed by atoms with van der Waals surface area (Å²) in [6.07, 6.45) is 2.94. The van der Waals surface area contributed by atoms with Gasteiger partial charge in [-0.3, -0.25) is 0 Å². The van der Waals surface area contributed by atoms with Gasteiger partial charge in [-0.1, -0.05) is 12.1 Å². The smallest absolute Gasteiger partial charge is 0.139 e. The minimum Gasteiger partial charge on any atom is -0.497 e. The quantitative estimate of drug-likeness (QED) is 0.652. The van der Waals surface area contributed by atoms with Gasteiger partial charge >= 0.3 is 0 Å². The molecule has 0 unspecified atom stereocenters. The van der Waals surface area contributed by atoms with E-state index in [0.29, 0.717) is 0 Å². The molecule has 5 nitrogen and oxygen atoms in total. The van der Waals surface area contributed by atoms with E-state index in [-0.39, 0.29) is 0 Å². The standard InChI is InChI=1S/C19H24N4O/c1-23(2)11-5-9-20-17-8-10-21-19-16(17)13-18(22-19)14-6-4-7-15(12-14)24-3/h4,6-8,10,12-13H,5,9,11H2,1-3H3,(H2,20,21,22). The summed E-state index contributed by atoms with van der Waals surface area (Å²) in [5.74, 6) is 0.848. The van der Waals surface area contributed by atoms with E-state index in [0.717, 1.165) is 53.2 Å². The Hall–Kier alpha value is -2.53. The fourth-order valence-electron chi connectivity index (χ4n) is 2.75. The highest BCUT2D eigenvalue weighted by molar-refractivity contribution is 5.93. The van der Waals surface area contributed by atoms with Crippen molar-refractivity contribution in [2.75, 3.05) is 39.6 Å². The number of fused-ring (bicyclic) bond motifs is 1. The number of ether oxygens (including phenoxy) is 1. The SMILES string of the molecule is COc1cccc(-c2cc3c(NCCCN(C)C)ccnc3[nH]2)c1. The summed E-state index contributed by atoms with van der Waals surface area (Å²) in [5.41, 5.74) is 4.14. The van der Waals surface area contributed by atoms with Crippen LogP contribution in [0.2, 0.25) is 0 Å². The number of H-pyrrole nitrogens is 1. The highest BCUT2D eigenvalue weighted by atomic mass is 16.5. The van der Waals surface area contributed by atoms with Gasteiger partial charge in [0.25, 0.3) is 0 Å². The zero-order valence-electron chi connectivity index (χ0n) is 14.5. The number of nitrogens with one attached hydrogen (secondary N) is 2. The van der Waals surface area contributed by atoms with Crippen molar-refractivity contribution in [2.45, 2.75) is 6.42 Å². The summed E-state index contributed by atoms with van der Waals surface area (Å²) >= 11 is 0. The number of pyridine rings is 1. The fourth-order valence-corrected chi connectivity index (χ4v) is 2.75. The van der Waals surface area contributed by atoms with Crippen LogP contribution in [0.3, 0.4) is 0 Å². The Kier molecular flexibility index (Phi) is 5.01. The molecular formula is C19H24N4O. The number of nitrogens with zero attached hydrogens (tertiary/aromatic N) is 2. The van der Waals surface area contributed by atoms with Crippen molar-refractivity contribution in [1.29, 1.82) is 0 Å². The number of hydrogen-bond acceptors (Lipinski definition) is 4. The molecule has 0 saturated carbocycles. The summed E-state index contributed by atoms with van der Waals surface area (Å²) in [4.78, 5) is 10.0. The molecule has 2 heterocycles. The van der Waals surface area contributed by atoms with Gasteiger partial charge in [0.2, 0.25) is 0 Å². The lowest BCUT2D eigenvalue weighted by Gasteiger charge is -2.11. The molecule has 0 fully saturated rings. The van der Waals surface area contributed by atoms with Crippen molar-refractivity contribution < 1.29 is 4.74 Å². The fraction of sp³-hybridized carbons (Fsp3) is 0.316. The lowest BCUT2D eigenvalue weighted by molar-refractivity contribution is 0.405. The Morgan fingerprint density at radius 2 is 2.08 bits per heavy atom. The van der Waals surface area contributed by atoms with E-state index in [4.69, 9.17) is 4.74 Å². The molecule has 0 aliphatic carbocycles. The van der Waals surface area contributed by atoms with E-state index >= 15 is 0 Å². The largest absolute Gasteiger partial charge is 0.497 e. The summed E-state index contributed by atoms with van der Waals surface area (Å²) in [7, 11) is 5.87. The van der Waals surface area contributed by atoms with E-state index < -0.39 is 0 Å². The minimum atomic E-state index is 0.848. The van der Waals surface area contributed by atoms with Crippen LogP contribution in [0.5, 0.6) is 5.75 Å². The van der Waals surface area contributed by atoms with Crippen molar-refractivity contribution in [3.05, 3.63) is 42.6 Å². The third-order valence-corrected chi connectivity index (χ3v) is 4.01. The number of rotatable bonds is 7. The predicted octanol–water partition coefficient (Wildman–Crippen LogP) is 3.60. The molecule has 0 amide bonds. The maximum absolute atomic E-state index is 5.31. The molecule has 0 atom stereocenters. The van der Waals surface area contributed by atoms with Gasteiger partial charge in [-0.2, -0.15) is 0 Å². The van der Waals surface area contributed by atoms with Gasteiger partial charge in [0.05, 0.1) is 7.11 Å². The molecule has 0 radical (unpaired) electrons. The second-order valence-electron chi connectivity index (χ2n) is 6.12. The summed E-state index contributed by atoms with van der Waals surface area (Å²) in [6.45, 7) is 2.01. The third kappa shape index (κ3) is 3.68. The molecule has 3 aromatic rings. The van der Waals surface area contributed by atoms with E-state index in [1.807, 2.05) is 30.5 Å². The van der Waals surface area contributed by atoms with Gasteiger partial charge in [0, 0.05) is 35.1 Å². The van der Waals surface area contributed by atoms with Crippen LogP contribution in [0.4, 0.5) is 5.69 Å². The van der Waals surface area contributed by atoms with Gasteiger partial charge in [0.1, 0.15) is 11.4 Å². The first-order valence-electron chi connectivity index (χ1n) is 8.18. The van der Waals surface area contributed by atoms with Crippen LogP contribution in [0, 0.1) is 0 Å². The van der Waals surface area contributed by atoms with Crippen molar-refractivity contribution in [2.24, 2.45) is 0 Å². The minimum absolute atomic E-state index is 0.848. The second-order valence-corrected chi connectivity index (χ2v) is 6.12. The first kappa shape index (κ1) is 16.3. The van der Waals surface area contributed by atoms with Gasteiger partial charge in [-0.25, -0.2) is 4.98 Å². The molecular weight excluding hydrogens is 300 g/mol. The van der Waals surface area contributed by atoms with Gasteiger partial charge in [-0.15, -0.1) is 0 Å². The maximum Gasteiger partial charge on any atom is 0.139 e. The van der Waals surface area contributed by atoms with Crippen LogP contribution in [0.25, 0.3) is 22.3 Å². The number of benzene rings is 1. The Bertz CT molecular complexity index is 810. The molecule has 0 aliphatic heterocycles. The van der Waals surface area contributed by atoms with Crippen LogP contribution in [-0.2, 0) is 0 Å². The average Bonchev–Trinajstić information content (AvgIpc) is 3.03. The molecule has 24 heavy (non-hydrogen) atoms. The average molecular weight is 324 g/mol. The molecule has 0 saturated heterocycles. The van der Waals surface area contributed by atoms with Crippen LogP contribution in [0.1, 0.15) is 6.42 Å². The zero-order chi connectivity index (χ0) is 16.9. The summed E-state index contributed by atoms with van der Waals surface area (Å²) < 4.78 is 5.31. The van der Waals surface area contributed by atoms with Crippen molar-refractivity contribution in [1.82, 2.24) is 14.9 Å². The topological polar surface area (TPSA) is 53.2 Å². The van der Waals surface area contributed by atoms with Crippen LogP contribution >= 0.6 is 0 Å². The zero-order valence-corrected chi connectivity index (χ0v) is 14.5. The number of hydrogen-bond donors (Lipinski definition) is 2. The highest BCUT2D eigenvalue weighted by Gasteiger charge is 2.08. The molecule has 2 N–H and O–H groups in total. The lowest BCUT2D eigenvalue weighted by atomic mass is 10.1. The summed E-state index contributed by atoms with van der Waals surface area (Å²) in [6, 6.07) is 12.2. The van der Waals surface area contributed by atoms with Crippen molar-refractivity contribution in [3.63, 3.8) is 0 Å². The first-order valence-corrected chi connectivity index (χ1v) is 8.18. The van der Waals surface area contributed by atoms with Gasteiger partial charge in [0.15, 0.2) is 0 Å². The number of anilines is 1. The maximum atomic E-state index is 5.31. The Morgan fingerprint density at radius 3 is 2.88 bits per heavy atom. The van der Waals surface area contributed by atoms with E-state index in [1.165, 1.54) is 0 Å². The van der Waals surface area contributed by atoms with E-state index in [9.17, 15) is 0 Å². The number of methoxy groups -OCH3 is 1. The number of aromatic amines is 1. The van der Waals surface area contributed by atoms with E-state index in [1.54, 1.807) is 7.11 Å². The molecule has 2 aromatic heterocycles. The van der Waals surface area contributed by atoms with E-state index in [2.05, 4.69) is 46.4 Å². The number of aromatic nitrogens is 2. The highest BCUT2D eigenvalue weighted by Crippen LogP contribution is 2.29. The van der Waals surface area contributed by atoms with Crippen molar-refractivity contribution in [3.8, 4) is 17.0 Å². The Balaban J connectivity index is 1.83. The summed E-state index contributed by atoms with van der Waals surface area (Å²) in [5, 5.41) is 4.63. The second kappa shape index (κ2) is 7.36. The van der Waals surface area contributed by atoms with Crippen LogP contribution in [0.15, 0.2) is 42.6 Å². The molecule has 3 rings (SSSR count). The van der Waals surface area contributed by atoms with Crippen LogP contribution in [-0.4, -0.2) is 49.2 Å².